The van der Waals surface area contributed by atoms with Crippen molar-refractivity contribution in [2.24, 2.45) is 0 Å². The van der Waals surface area contributed by atoms with E-state index >= 15 is 0 Å². The zero-order chi connectivity index (χ0) is 98.9. The van der Waals surface area contributed by atoms with Gasteiger partial charge in [0, 0.05) is 207 Å². The second kappa shape index (κ2) is 50.6. The fourth-order valence-corrected chi connectivity index (χ4v) is 15.8. The molecule has 143 heavy (non-hydrogen) atoms. The van der Waals surface area contributed by atoms with Crippen LogP contribution in [0, 0.1) is 0 Å². The van der Waals surface area contributed by atoms with Crippen molar-refractivity contribution in [3.8, 4) is 73.5 Å². The van der Waals surface area contributed by atoms with E-state index < -0.39 is 0 Å². The molecule has 6 saturated heterocycles. The number of ether oxygens (including phenoxy) is 8. The van der Waals surface area contributed by atoms with Crippen molar-refractivity contribution in [1.82, 2.24) is 89.6 Å². The van der Waals surface area contributed by atoms with Crippen molar-refractivity contribution in [1.29, 1.82) is 0 Å². The Morgan fingerprint density at radius 1 is 0.294 bits per heavy atom. The molecule has 42 heteroatoms. The van der Waals surface area contributed by atoms with E-state index in [-0.39, 0.29) is 5.95 Å². The summed E-state index contributed by atoms with van der Waals surface area (Å²) in [5, 5.41) is 13.7. The molecule has 0 radical (unpaired) electrons. The molecule has 17 heterocycles. The van der Waals surface area contributed by atoms with E-state index in [0.29, 0.717) is 136 Å². The fourth-order valence-electron chi connectivity index (χ4n) is 15.8. The van der Waals surface area contributed by atoms with E-state index in [1.54, 1.807) is 88.8 Å². The highest BCUT2D eigenvalue weighted by Crippen LogP contribution is 2.33. The molecule has 0 saturated carbocycles. The molecule has 20 rings (SSSR count). The van der Waals surface area contributed by atoms with Crippen LogP contribution in [-0.2, 0) is 42.9 Å². The number of benzene rings is 3. The first-order valence-electron chi connectivity index (χ1n) is 47.6. The molecule has 6 aliphatic rings. The number of aromatic nitrogens is 17. The van der Waals surface area contributed by atoms with E-state index in [1.807, 2.05) is 114 Å². The van der Waals surface area contributed by atoms with Crippen molar-refractivity contribution >= 4 is 99.6 Å². The number of pyridine rings is 5. The number of hydrogen-bond acceptors (Lipinski definition) is 42. The molecule has 3 aromatic carbocycles. The lowest BCUT2D eigenvalue weighted by molar-refractivity contribution is 0.122. The molecule has 16 N–H and O–H groups in total. The van der Waals surface area contributed by atoms with Crippen molar-refractivity contribution < 1.29 is 37.9 Å². The number of piperazine rings is 1. The number of likely N-dealkylation sites (N-methyl/N-ethyl adjacent to an activating group) is 1. The fraction of sp³-hybridized carbons (Fsp3) is 0.337. The van der Waals surface area contributed by atoms with Crippen LogP contribution < -0.4 is 99.3 Å². The third kappa shape index (κ3) is 29.3. The van der Waals surface area contributed by atoms with Crippen LogP contribution in [0.5, 0.6) is 17.2 Å². The Bertz CT molecular complexity index is 6320. The molecule has 14 aromatic rings. The lowest BCUT2D eigenvalue weighted by Crippen LogP contribution is -2.44. The SMILES string of the molecule is CN1CCN(c2ccc(Nc3cc(-c4ccc(N)nc4)nc(N4CCOCC4)n3)cn2)CC1.COc1ccc(CCNc2cc(-c3ccc(N)nc3)nc(N3CCOCC3)n2)cc1.COc1cccc(CCNc2cc(-c3ccc(N)nc3)nc(N3CCOCC3)n2)c1.COc1ccccc1CCNc1cc(-c2ccc(N)nc2)nc(N2CCOCC2)n1.Nc1cc(-c2cnc(N)nc2)nc(N2CCOCC2)n1. The molecule has 0 spiro atoms. The summed E-state index contributed by atoms with van der Waals surface area (Å²) in [6.45, 7) is 20.6. The molecule has 6 fully saturated rings. The zero-order valence-electron chi connectivity index (χ0n) is 80.8. The highest BCUT2D eigenvalue weighted by atomic mass is 16.5. The van der Waals surface area contributed by atoms with Crippen molar-refractivity contribution in [2.75, 3.05) is 291 Å². The van der Waals surface area contributed by atoms with Crippen LogP contribution in [0.1, 0.15) is 16.7 Å². The van der Waals surface area contributed by atoms with Crippen molar-refractivity contribution in [2.45, 2.75) is 19.3 Å². The number of para-hydroxylation sites is 1. The minimum absolute atomic E-state index is 0.226. The number of morpholine rings is 5. The van der Waals surface area contributed by atoms with E-state index in [0.717, 1.165) is 233 Å². The Hall–Kier alpha value is -16.2. The maximum atomic E-state index is 5.86. The molecule has 0 bridgehead atoms. The molecule has 11 aromatic heterocycles. The number of nitrogen functional groups attached to an aromatic ring is 6. The molecule has 0 amide bonds. The zero-order valence-corrected chi connectivity index (χ0v) is 80.8. The summed E-state index contributed by atoms with van der Waals surface area (Å²) in [4.78, 5) is 91.6. The normalized spacial score (nSPS) is 14.8. The minimum Gasteiger partial charge on any atom is -0.497 e. The first-order valence-corrected chi connectivity index (χ1v) is 47.6. The van der Waals surface area contributed by atoms with Gasteiger partial charge in [-0.15, -0.1) is 0 Å². The van der Waals surface area contributed by atoms with Gasteiger partial charge in [-0.2, -0.15) is 24.9 Å². The quantitative estimate of drug-likeness (QED) is 0.0218. The largest absolute Gasteiger partial charge is 0.497 e. The number of nitrogens with two attached hydrogens (primary N) is 6. The number of nitrogens with zero attached hydrogens (tertiary/aromatic N) is 24. The van der Waals surface area contributed by atoms with Gasteiger partial charge in [-0.25, -0.2) is 59.8 Å². The average Bonchev–Trinajstić information content (AvgIpc) is 0.801. The molecule has 6 aliphatic heterocycles. The monoisotopic (exact) mass is 1940 g/mol. The van der Waals surface area contributed by atoms with Crippen LogP contribution in [0.4, 0.5) is 99.6 Å². The van der Waals surface area contributed by atoms with Gasteiger partial charge in [0.05, 0.1) is 128 Å². The minimum atomic E-state index is 0.226. The number of methoxy groups -OCH3 is 3. The van der Waals surface area contributed by atoms with E-state index in [2.05, 4.69) is 133 Å². The van der Waals surface area contributed by atoms with Gasteiger partial charge < -0.3 is 128 Å². The summed E-state index contributed by atoms with van der Waals surface area (Å²) in [6.07, 6.45) is 14.6. The summed E-state index contributed by atoms with van der Waals surface area (Å²) in [5.41, 5.74) is 47.0. The van der Waals surface area contributed by atoms with Gasteiger partial charge in [0.1, 0.15) is 75.4 Å². The van der Waals surface area contributed by atoms with Crippen LogP contribution in [-0.4, -0.2) is 295 Å². The summed E-state index contributed by atoms with van der Waals surface area (Å²) < 4.78 is 43.2. The van der Waals surface area contributed by atoms with E-state index in [4.69, 9.17) is 112 Å². The lowest BCUT2D eigenvalue weighted by atomic mass is 10.1. The standard InChI is InChI=1S/C23H29N9O.3C22H26N6O2.C12H15N7O/c1-30-6-8-31(9-7-30)22-5-3-18(16-26-22)27-21-14-19(17-2-4-20(24)25-15-17)28-23(29-21)32-10-12-33-13-11-32;1-29-18-5-2-16(3-6-18)8-9-24-21-14-19(17-4-7-20(23)25-15-17)26-22(27-21)28-10-12-30-13-11-28;1-29-18-4-2-3-16(13-18)7-8-24-21-14-19(17-5-6-20(23)25-15-17)26-22(27-21)28-9-11-30-12-10-28;1-29-19-5-3-2-4-16(19)8-9-24-21-14-18(17-6-7-20(23)25-15-17)26-22(27-21)28-10-12-30-13-11-28;13-10-5-9(8-6-15-11(14)16-7-8)17-12(18-10)19-1-3-20-4-2-19/h2-5,14-16H,6-13H2,1H3,(H2,24,25)(H,27,28,29);2-7,14-15H,8-13H2,1H3,(H2,23,25)(H,24,26,27);2-6,13-15H,7-12H2,1H3,(H2,23,25)(H,24,26,27);2-7,14-15H,8-13H2,1H3,(H2,23,25)(H,24,26,27);5-7H,1-4H2,(H2,13,17,18)(H2,14,15,16). The Balaban J connectivity index is 0.000000129. The third-order valence-corrected chi connectivity index (χ3v) is 23.8. The summed E-state index contributed by atoms with van der Waals surface area (Å²) >= 11 is 0. The van der Waals surface area contributed by atoms with E-state index in [9.17, 15) is 0 Å². The van der Waals surface area contributed by atoms with Crippen molar-refractivity contribution in [3.05, 3.63) is 224 Å². The maximum Gasteiger partial charge on any atom is 0.228 e. The van der Waals surface area contributed by atoms with Gasteiger partial charge in [-0.3, -0.25) is 0 Å². The molecule has 744 valence electrons. The topological polar surface area (TPSA) is 520 Å². The smallest absolute Gasteiger partial charge is 0.228 e. The van der Waals surface area contributed by atoms with Crippen LogP contribution >= 0.6 is 0 Å². The third-order valence-electron chi connectivity index (χ3n) is 23.8. The summed E-state index contributed by atoms with van der Waals surface area (Å²) in [7, 11) is 7.20. The lowest BCUT2D eigenvalue weighted by Gasteiger charge is -2.33. The molecular formula is C101H122N34O8. The predicted molar refractivity (Wildman–Crippen MR) is 559 cm³/mol. The van der Waals surface area contributed by atoms with Crippen LogP contribution in [0.15, 0.2) is 207 Å². The second-order valence-electron chi connectivity index (χ2n) is 33.8. The Morgan fingerprint density at radius 2 is 0.678 bits per heavy atom. The number of anilines is 17. The molecule has 0 aliphatic carbocycles. The van der Waals surface area contributed by atoms with E-state index in [1.165, 1.54) is 11.1 Å². The first-order chi connectivity index (χ1) is 70.0. The molecule has 42 nitrogen and oxygen atoms in total. The van der Waals surface area contributed by atoms with Crippen LogP contribution in [0.3, 0.4) is 0 Å². The van der Waals surface area contributed by atoms with Crippen molar-refractivity contribution in [3.63, 3.8) is 0 Å². The van der Waals surface area contributed by atoms with Crippen LogP contribution in [0.25, 0.3) is 56.3 Å². The molecule has 0 unspecified atom stereocenters. The first kappa shape index (κ1) is 99.8. The van der Waals surface area contributed by atoms with Gasteiger partial charge >= 0.3 is 0 Å². The highest BCUT2D eigenvalue weighted by molar-refractivity contribution is 5.71. The maximum absolute atomic E-state index is 5.86. The van der Waals surface area contributed by atoms with Gasteiger partial charge in [0.25, 0.3) is 0 Å². The molecule has 0 atom stereocenters. The summed E-state index contributed by atoms with van der Waals surface area (Å²) in [6, 6.07) is 52.6. The second-order valence-corrected chi connectivity index (χ2v) is 33.8. The van der Waals surface area contributed by atoms with Gasteiger partial charge in [0.2, 0.25) is 35.7 Å². The van der Waals surface area contributed by atoms with Crippen LogP contribution in [0.2, 0.25) is 0 Å². The predicted octanol–water partition coefficient (Wildman–Crippen LogP) is 9.64. The Labute approximate surface area is 830 Å². The van der Waals surface area contributed by atoms with Gasteiger partial charge in [-0.05, 0) is 134 Å². The Kier molecular flexibility index (Phi) is 35.3. The number of rotatable bonds is 28. The van der Waals surface area contributed by atoms with Gasteiger partial charge in [-0.1, -0.05) is 42.5 Å². The molecular weight excluding hydrogens is 1820 g/mol. The average molecular weight is 1940 g/mol. The number of hydrogen-bond donors (Lipinski definition) is 10. The highest BCUT2D eigenvalue weighted by Gasteiger charge is 2.25. The summed E-state index contributed by atoms with van der Waals surface area (Å²) in [5.74, 6) is 12.6. The Morgan fingerprint density at radius 3 is 1.08 bits per heavy atom. The number of nitrogens with one attached hydrogen (secondary N) is 4. The van der Waals surface area contributed by atoms with Gasteiger partial charge in [0.15, 0.2) is 0 Å².